The summed E-state index contributed by atoms with van der Waals surface area (Å²) in [5.74, 6) is 0.587. The van der Waals surface area contributed by atoms with Crippen molar-refractivity contribution in [2.45, 2.75) is 20.3 Å². The van der Waals surface area contributed by atoms with Crippen LogP contribution in [0.5, 0.6) is 5.75 Å². The molecule has 0 aliphatic heterocycles. The van der Waals surface area contributed by atoms with Crippen molar-refractivity contribution in [2.24, 2.45) is 0 Å². The molecule has 0 aliphatic carbocycles. The van der Waals surface area contributed by atoms with Crippen molar-refractivity contribution in [3.63, 3.8) is 0 Å². The summed E-state index contributed by atoms with van der Waals surface area (Å²) >= 11 is 0. The summed E-state index contributed by atoms with van der Waals surface area (Å²) in [6, 6.07) is 14.9. The fraction of sp³-hybridized carbons (Fsp3) is 0.300. The topological polar surface area (TPSA) is 67.4 Å². The van der Waals surface area contributed by atoms with Crippen LogP contribution in [0.15, 0.2) is 48.5 Å². The summed E-state index contributed by atoms with van der Waals surface area (Å²) in [7, 11) is 0. The monoisotopic (exact) mass is 340 g/mol. The van der Waals surface area contributed by atoms with Crippen LogP contribution in [0.1, 0.15) is 28.4 Å². The average molecular weight is 340 g/mol. The minimum Gasteiger partial charge on any atom is -0.494 e. The predicted molar refractivity (Wildman–Crippen MR) is 97.8 cm³/mol. The number of hydrogen-bond donors (Lipinski definition) is 2. The normalized spacial score (nSPS) is 10.2. The Morgan fingerprint density at radius 1 is 1.00 bits per heavy atom. The quantitative estimate of drug-likeness (QED) is 0.726. The van der Waals surface area contributed by atoms with Crippen molar-refractivity contribution < 1.29 is 14.3 Å². The van der Waals surface area contributed by atoms with Gasteiger partial charge in [-0.25, -0.2) is 0 Å². The van der Waals surface area contributed by atoms with Gasteiger partial charge in [0.1, 0.15) is 5.75 Å². The number of amides is 2. The minimum atomic E-state index is -0.135. The van der Waals surface area contributed by atoms with Crippen molar-refractivity contribution in [3.05, 3.63) is 65.2 Å². The Labute approximate surface area is 148 Å². The zero-order chi connectivity index (χ0) is 18.1. The summed E-state index contributed by atoms with van der Waals surface area (Å²) in [6.07, 6.45) is 0.304. The lowest BCUT2D eigenvalue weighted by Gasteiger charge is -2.08. The highest BCUT2D eigenvalue weighted by atomic mass is 16.5. The van der Waals surface area contributed by atoms with Crippen LogP contribution in [0, 0.1) is 6.92 Å². The highest BCUT2D eigenvalue weighted by Crippen LogP contribution is 2.12. The SMILES string of the molecule is CCOc1ccc(CC(=O)NCCNC(=O)c2cccc(C)c2)cc1. The molecule has 0 spiro atoms. The molecule has 0 fully saturated rings. The molecule has 2 amide bonds. The van der Waals surface area contributed by atoms with Crippen LogP contribution in [0.25, 0.3) is 0 Å². The summed E-state index contributed by atoms with van der Waals surface area (Å²) < 4.78 is 5.37. The van der Waals surface area contributed by atoms with Gasteiger partial charge in [0.25, 0.3) is 5.91 Å². The third-order valence-corrected chi connectivity index (χ3v) is 3.61. The summed E-state index contributed by atoms with van der Waals surface area (Å²) in [4.78, 5) is 23.9. The van der Waals surface area contributed by atoms with E-state index < -0.39 is 0 Å². The van der Waals surface area contributed by atoms with E-state index in [1.165, 1.54) is 0 Å². The number of rotatable bonds is 8. The van der Waals surface area contributed by atoms with Gasteiger partial charge >= 0.3 is 0 Å². The van der Waals surface area contributed by atoms with Crippen molar-refractivity contribution in [1.82, 2.24) is 10.6 Å². The smallest absolute Gasteiger partial charge is 0.251 e. The van der Waals surface area contributed by atoms with E-state index in [-0.39, 0.29) is 11.8 Å². The Kier molecular flexibility index (Phi) is 7.01. The van der Waals surface area contributed by atoms with E-state index >= 15 is 0 Å². The fourth-order valence-electron chi connectivity index (χ4n) is 2.38. The number of benzene rings is 2. The van der Waals surface area contributed by atoms with E-state index in [4.69, 9.17) is 4.74 Å². The number of aryl methyl sites for hydroxylation is 1. The Morgan fingerprint density at radius 3 is 2.40 bits per heavy atom. The van der Waals surface area contributed by atoms with E-state index in [0.29, 0.717) is 31.7 Å². The second kappa shape index (κ2) is 9.47. The summed E-state index contributed by atoms with van der Waals surface area (Å²) in [5, 5.41) is 5.60. The van der Waals surface area contributed by atoms with Gasteiger partial charge in [-0.2, -0.15) is 0 Å². The van der Waals surface area contributed by atoms with Crippen LogP contribution < -0.4 is 15.4 Å². The van der Waals surface area contributed by atoms with Crippen molar-refractivity contribution in [1.29, 1.82) is 0 Å². The lowest BCUT2D eigenvalue weighted by molar-refractivity contribution is -0.120. The first-order chi connectivity index (χ1) is 12.1. The first-order valence-electron chi connectivity index (χ1n) is 8.42. The van der Waals surface area contributed by atoms with Crippen LogP contribution >= 0.6 is 0 Å². The van der Waals surface area contributed by atoms with Gasteiger partial charge in [-0.1, -0.05) is 29.8 Å². The van der Waals surface area contributed by atoms with Gasteiger partial charge in [0.15, 0.2) is 0 Å². The molecule has 5 nitrogen and oxygen atoms in total. The van der Waals surface area contributed by atoms with Gasteiger partial charge in [-0.3, -0.25) is 9.59 Å². The second-order valence-corrected chi connectivity index (χ2v) is 5.73. The maximum Gasteiger partial charge on any atom is 0.251 e. The van der Waals surface area contributed by atoms with Gasteiger partial charge < -0.3 is 15.4 Å². The highest BCUT2D eigenvalue weighted by molar-refractivity contribution is 5.94. The molecule has 132 valence electrons. The maximum atomic E-state index is 12.0. The van der Waals surface area contributed by atoms with Crippen LogP contribution in [-0.4, -0.2) is 31.5 Å². The zero-order valence-corrected chi connectivity index (χ0v) is 14.7. The number of carbonyl (C=O) groups is 2. The van der Waals surface area contributed by atoms with E-state index in [2.05, 4.69) is 10.6 Å². The Balaban J connectivity index is 1.69. The average Bonchev–Trinajstić information content (AvgIpc) is 2.60. The molecule has 0 aromatic heterocycles. The van der Waals surface area contributed by atoms with Gasteiger partial charge in [-0.05, 0) is 43.7 Å². The number of hydrogen-bond acceptors (Lipinski definition) is 3. The number of ether oxygens (including phenoxy) is 1. The summed E-state index contributed by atoms with van der Waals surface area (Å²) in [5.41, 5.74) is 2.58. The molecule has 2 rings (SSSR count). The number of nitrogens with one attached hydrogen (secondary N) is 2. The molecule has 0 radical (unpaired) electrons. The Morgan fingerprint density at radius 2 is 1.72 bits per heavy atom. The second-order valence-electron chi connectivity index (χ2n) is 5.73. The molecule has 25 heavy (non-hydrogen) atoms. The lowest BCUT2D eigenvalue weighted by atomic mass is 10.1. The molecular weight excluding hydrogens is 316 g/mol. The molecule has 0 bridgehead atoms. The first-order valence-corrected chi connectivity index (χ1v) is 8.42. The third kappa shape index (κ3) is 6.30. The molecule has 0 aliphatic rings. The van der Waals surface area contributed by atoms with Gasteiger partial charge in [-0.15, -0.1) is 0 Å². The number of carbonyl (C=O) groups excluding carboxylic acids is 2. The lowest BCUT2D eigenvalue weighted by Crippen LogP contribution is -2.35. The van der Waals surface area contributed by atoms with Gasteiger partial charge in [0, 0.05) is 18.7 Å². The van der Waals surface area contributed by atoms with E-state index in [9.17, 15) is 9.59 Å². The molecule has 0 atom stereocenters. The van der Waals surface area contributed by atoms with Crippen molar-refractivity contribution >= 4 is 11.8 Å². The maximum absolute atomic E-state index is 12.0. The van der Waals surface area contributed by atoms with E-state index in [0.717, 1.165) is 16.9 Å². The van der Waals surface area contributed by atoms with Gasteiger partial charge in [0.2, 0.25) is 5.91 Å². The van der Waals surface area contributed by atoms with Crippen LogP contribution in [0.3, 0.4) is 0 Å². The minimum absolute atomic E-state index is 0.0750. The van der Waals surface area contributed by atoms with Gasteiger partial charge in [0.05, 0.1) is 13.0 Å². The Bertz CT molecular complexity index is 711. The van der Waals surface area contributed by atoms with Crippen LogP contribution in [0.4, 0.5) is 0 Å². The zero-order valence-electron chi connectivity index (χ0n) is 14.7. The third-order valence-electron chi connectivity index (χ3n) is 3.61. The molecule has 2 aromatic carbocycles. The van der Waals surface area contributed by atoms with Crippen molar-refractivity contribution in [2.75, 3.05) is 19.7 Å². The molecule has 0 saturated carbocycles. The summed E-state index contributed by atoms with van der Waals surface area (Å²) in [6.45, 7) is 5.28. The largest absolute Gasteiger partial charge is 0.494 e. The molecule has 0 heterocycles. The van der Waals surface area contributed by atoms with E-state index in [1.807, 2.05) is 56.3 Å². The molecular formula is C20H24N2O3. The standard InChI is InChI=1S/C20H24N2O3/c1-3-25-18-9-7-16(8-10-18)14-19(23)21-11-12-22-20(24)17-6-4-5-15(2)13-17/h4-10,13H,3,11-12,14H2,1-2H3,(H,21,23)(H,22,24). The van der Waals surface area contributed by atoms with Crippen molar-refractivity contribution in [3.8, 4) is 5.75 Å². The highest BCUT2D eigenvalue weighted by Gasteiger charge is 2.06. The van der Waals surface area contributed by atoms with Crippen LogP contribution in [-0.2, 0) is 11.2 Å². The molecule has 2 N–H and O–H groups in total. The predicted octanol–water partition coefficient (Wildman–Crippen LogP) is 2.48. The fourth-order valence-corrected chi connectivity index (χ4v) is 2.38. The van der Waals surface area contributed by atoms with Crippen LogP contribution in [0.2, 0.25) is 0 Å². The Hall–Kier alpha value is -2.82. The molecule has 0 saturated heterocycles. The molecule has 0 unspecified atom stereocenters. The molecule has 5 heteroatoms. The van der Waals surface area contributed by atoms with E-state index in [1.54, 1.807) is 6.07 Å². The first kappa shape index (κ1) is 18.5. The molecule has 2 aromatic rings.